The lowest BCUT2D eigenvalue weighted by Gasteiger charge is -2.34. The van der Waals surface area contributed by atoms with E-state index in [0.717, 1.165) is 24.1 Å². The SMILES string of the molecule is NC(=O)c1ccc(CN2CCSCC2CC(=O)O)c(F)c1. The second-order valence-corrected chi connectivity index (χ2v) is 6.12. The van der Waals surface area contributed by atoms with Crippen LogP contribution < -0.4 is 5.73 Å². The first-order valence-electron chi connectivity index (χ1n) is 6.59. The second-order valence-electron chi connectivity index (χ2n) is 4.97. The highest BCUT2D eigenvalue weighted by molar-refractivity contribution is 7.99. The van der Waals surface area contributed by atoms with Crippen LogP contribution in [-0.4, -0.2) is 46.0 Å². The van der Waals surface area contributed by atoms with Gasteiger partial charge in [-0.3, -0.25) is 14.5 Å². The predicted molar refractivity (Wildman–Crippen MR) is 78.7 cm³/mol. The van der Waals surface area contributed by atoms with E-state index < -0.39 is 17.7 Å². The van der Waals surface area contributed by atoms with Crippen LogP contribution in [0, 0.1) is 5.82 Å². The molecule has 1 amide bonds. The van der Waals surface area contributed by atoms with Crippen molar-refractivity contribution in [3.63, 3.8) is 0 Å². The molecule has 0 saturated carbocycles. The molecule has 0 bridgehead atoms. The normalized spacial score (nSPS) is 19.4. The Morgan fingerprint density at radius 2 is 2.24 bits per heavy atom. The zero-order valence-corrected chi connectivity index (χ0v) is 12.2. The minimum atomic E-state index is -0.850. The Balaban J connectivity index is 2.11. The fourth-order valence-corrected chi connectivity index (χ4v) is 3.47. The Kier molecular flexibility index (Phi) is 5.19. The van der Waals surface area contributed by atoms with Crippen molar-refractivity contribution in [1.29, 1.82) is 0 Å². The molecule has 5 nitrogen and oxygen atoms in total. The molecule has 0 aliphatic carbocycles. The van der Waals surface area contributed by atoms with Crippen LogP contribution in [0.5, 0.6) is 0 Å². The number of halogens is 1. The first-order valence-corrected chi connectivity index (χ1v) is 7.74. The van der Waals surface area contributed by atoms with Crippen molar-refractivity contribution in [2.75, 3.05) is 18.1 Å². The van der Waals surface area contributed by atoms with Crippen LogP contribution in [0.25, 0.3) is 0 Å². The molecular weight excluding hydrogens is 295 g/mol. The Morgan fingerprint density at radius 1 is 1.48 bits per heavy atom. The fraction of sp³-hybridized carbons (Fsp3) is 0.429. The summed E-state index contributed by atoms with van der Waals surface area (Å²) in [4.78, 5) is 23.9. The summed E-state index contributed by atoms with van der Waals surface area (Å²) in [6.07, 6.45) is 0.0496. The van der Waals surface area contributed by atoms with Crippen LogP contribution in [0.15, 0.2) is 18.2 Å². The highest BCUT2D eigenvalue weighted by Gasteiger charge is 2.25. The molecule has 1 heterocycles. The zero-order chi connectivity index (χ0) is 15.4. The third kappa shape index (κ3) is 4.18. The summed E-state index contributed by atoms with van der Waals surface area (Å²) < 4.78 is 14.0. The Morgan fingerprint density at radius 3 is 2.86 bits per heavy atom. The van der Waals surface area contributed by atoms with Crippen molar-refractivity contribution in [2.24, 2.45) is 5.73 Å². The maximum Gasteiger partial charge on any atom is 0.304 e. The number of rotatable bonds is 5. The Labute approximate surface area is 126 Å². The fourth-order valence-electron chi connectivity index (χ4n) is 2.33. The maximum atomic E-state index is 14.0. The van der Waals surface area contributed by atoms with Gasteiger partial charge < -0.3 is 10.8 Å². The van der Waals surface area contributed by atoms with Gasteiger partial charge in [0.05, 0.1) is 6.42 Å². The molecule has 1 saturated heterocycles. The number of amides is 1. The highest BCUT2D eigenvalue weighted by atomic mass is 32.2. The second kappa shape index (κ2) is 6.91. The van der Waals surface area contributed by atoms with E-state index in [2.05, 4.69) is 0 Å². The topological polar surface area (TPSA) is 83.6 Å². The number of carboxylic acid groups (broad SMARTS) is 1. The largest absolute Gasteiger partial charge is 0.481 e. The number of hydrogen-bond acceptors (Lipinski definition) is 4. The lowest BCUT2D eigenvalue weighted by atomic mass is 10.1. The molecule has 0 radical (unpaired) electrons. The van der Waals surface area contributed by atoms with Gasteiger partial charge in [-0.05, 0) is 12.1 Å². The van der Waals surface area contributed by atoms with E-state index in [1.807, 2.05) is 4.90 Å². The van der Waals surface area contributed by atoms with E-state index in [-0.39, 0.29) is 18.0 Å². The number of aliphatic carboxylic acids is 1. The van der Waals surface area contributed by atoms with E-state index >= 15 is 0 Å². The molecule has 0 aromatic heterocycles. The molecule has 7 heteroatoms. The van der Waals surface area contributed by atoms with Gasteiger partial charge in [0.1, 0.15) is 5.82 Å². The number of thioether (sulfide) groups is 1. The molecule has 1 aromatic carbocycles. The van der Waals surface area contributed by atoms with Crippen LogP contribution in [-0.2, 0) is 11.3 Å². The van der Waals surface area contributed by atoms with Gasteiger partial charge in [0.2, 0.25) is 5.91 Å². The molecule has 1 fully saturated rings. The number of hydrogen-bond donors (Lipinski definition) is 2. The van der Waals surface area contributed by atoms with Gasteiger partial charge in [-0.1, -0.05) is 6.07 Å². The van der Waals surface area contributed by atoms with Gasteiger partial charge >= 0.3 is 5.97 Å². The Bertz CT molecular complexity index is 553. The quantitative estimate of drug-likeness (QED) is 0.856. The van der Waals surface area contributed by atoms with Crippen molar-refractivity contribution >= 4 is 23.6 Å². The summed E-state index contributed by atoms with van der Waals surface area (Å²) in [6.45, 7) is 1.06. The molecule has 2 rings (SSSR count). The molecule has 3 N–H and O–H groups in total. The van der Waals surface area contributed by atoms with Crippen LogP contribution >= 0.6 is 11.8 Å². The zero-order valence-electron chi connectivity index (χ0n) is 11.4. The number of nitrogens with two attached hydrogens (primary N) is 1. The first kappa shape index (κ1) is 15.8. The van der Waals surface area contributed by atoms with Gasteiger partial charge in [0, 0.05) is 41.8 Å². The summed E-state index contributed by atoms with van der Waals surface area (Å²) in [5.74, 6) is -0.376. The van der Waals surface area contributed by atoms with Gasteiger partial charge in [-0.15, -0.1) is 0 Å². The van der Waals surface area contributed by atoms with Crippen LogP contribution in [0.4, 0.5) is 4.39 Å². The first-order chi connectivity index (χ1) is 9.97. The van der Waals surface area contributed by atoms with Gasteiger partial charge in [-0.25, -0.2) is 4.39 Å². The minimum absolute atomic E-state index is 0.0496. The molecule has 1 aliphatic heterocycles. The minimum Gasteiger partial charge on any atom is -0.481 e. The number of carbonyl (C=O) groups excluding carboxylic acids is 1. The number of nitrogens with zero attached hydrogens (tertiary/aromatic N) is 1. The lowest BCUT2D eigenvalue weighted by Crippen LogP contribution is -2.43. The number of carbonyl (C=O) groups is 2. The molecule has 1 atom stereocenters. The molecule has 1 aromatic rings. The van der Waals surface area contributed by atoms with E-state index in [4.69, 9.17) is 10.8 Å². The van der Waals surface area contributed by atoms with Crippen molar-refractivity contribution < 1.29 is 19.1 Å². The summed E-state index contributed by atoms with van der Waals surface area (Å²) in [6, 6.07) is 4.06. The van der Waals surface area contributed by atoms with Gasteiger partial charge in [-0.2, -0.15) is 11.8 Å². The average Bonchev–Trinajstić information content (AvgIpc) is 2.42. The number of carboxylic acids is 1. The summed E-state index contributed by atoms with van der Waals surface area (Å²) in [5.41, 5.74) is 5.69. The van der Waals surface area contributed by atoms with Gasteiger partial charge in [0.15, 0.2) is 0 Å². The molecular formula is C14H17FN2O3S. The van der Waals surface area contributed by atoms with Crippen molar-refractivity contribution in [2.45, 2.75) is 19.0 Å². The number of benzene rings is 1. The highest BCUT2D eigenvalue weighted by Crippen LogP contribution is 2.22. The molecule has 114 valence electrons. The van der Waals surface area contributed by atoms with Gasteiger partial charge in [0.25, 0.3) is 0 Å². The van der Waals surface area contributed by atoms with Crippen LogP contribution in [0.3, 0.4) is 0 Å². The predicted octanol–water partition coefficient (Wildman–Crippen LogP) is 1.32. The van der Waals surface area contributed by atoms with Crippen molar-refractivity contribution in [3.05, 3.63) is 35.1 Å². The van der Waals surface area contributed by atoms with E-state index in [0.29, 0.717) is 12.1 Å². The third-order valence-electron chi connectivity index (χ3n) is 3.47. The molecule has 1 unspecified atom stereocenters. The maximum absolute atomic E-state index is 14.0. The summed E-state index contributed by atoms with van der Waals surface area (Å²) >= 11 is 1.71. The standard InChI is InChI=1S/C14H17FN2O3S/c15-12-5-9(14(16)20)1-2-10(12)7-17-3-4-21-8-11(17)6-13(18)19/h1-2,5,11H,3-4,6-8H2,(H2,16,20)(H,18,19). The summed E-state index contributed by atoms with van der Waals surface area (Å²) in [5, 5.41) is 8.94. The smallest absolute Gasteiger partial charge is 0.304 e. The van der Waals surface area contributed by atoms with Crippen molar-refractivity contribution in [1.82, 2.24) is 4.90 Å². The van der Waals surface area contributed by atoms with E-state index in [9.17, 15) is 14.0 Å². The molecule has 1 aliphatic rings. The lowest BCUT2D eigenvalue weighted by molar-refractivity contribution is -0.138. The van der Waals surface area contributed by atoms with Crippen molar-refractivity contribution in [3.8, 4) is 0 Å². The monoisotopic (exact) mass is 312 g/mol. The van der Waals surface area contributed by atoms with E-state index in [1.165, 1.54) is 12.1 Å². The summed E-state index contributed by atoms with van der Waals surface area (Å²) in [7, 11) is 0. The third-order valence-corrected chi connectivity index (χ3v) is 4.56. The average molecular weight is 312 g/mol. The molecule has 0 spiro atoms. The number of primary amides is 1. The Hall–Kier alpha value is -1.60. The molecule has 21 heavy (non-hydrogen) atoms. The van der Waals surface area contributed by atoms with Crippen LogP contribution in [0.2, 0.25) is 0 Å². The van der Waals surface area contributed by atoms with E-state index in [1.54, 1.807) is 11.8 Å². The van der Waals surface area contributed by atoms with Crippen LogP contribution in [0.1, 0.15) is 22.3 Å².